The van der Waals surface area contributed by atoms with Crippen molar-refractivity contribution < 1.29 is 4.79 Å². The molecule has 1 unspecified atom stereocenters. The number of carbonyl (C=O) groups excluding carboxylic acids is 1. The molecule has 0 aliphatic carbocycles. The van der Waals surface area contributed by atoms with Gasteiger partial charge >= 0.3 is 0 Å². The average Bonchev–Trinajstić information content (AvgIpc) is 2.52. The molecule has 5 heteroatoms. The van der Waals surface area contributed by atoms with Gasteiger partial charge in [-0.1, -0.05) is 48.2 Å². The van der Waals surface area contributed by atoms with E-state index in [4.69, 9.17) is 0 Å². The molecule has 1 aromatic heterocycles. The summed E-state index contributed by atoms with van der Waals surface area (Å²) in [5.41, 5.74) is 2.79. The summed E-state index contributed by atoms with van der Waals surface area (Å²) in [6.07, 6.45) is 1.66. The molecule has 2 rings (SSSR count). The van der Waals surface area contributed by atoms with E-state index in [-0.39, 0.29) is 11.2 Å². The molecule has 0 fully saturated rings. The van der Waals surface area contributed by atoms with E-state index >= 15 is 0 Å². The molecular weight excluding hydrogens is 294 g/mol. The zero-order valence-corrected chi connectivity index (χ0v) is 13.6. The first-order chi connectivity index (χ1) is 10.6. The highest BCUT2D eigenvalue weighted by molar-refractivity contribution is 8.00. The normalized spacial score (nSPS) is 11.7. The second kappa shape index (κ2) is 7.75. The van der Waals surface area contributed by atoms with Gasteiger partial charge in [0.25, 0.3) is 0 Å². The quantitative estimate of drug-likeness (QED) is 0.505. The summed E-state index contributed by atoms with van der Waals surface area (Å²) in [5, 5.41) is 3.13. The first kappa shape index (κ1) is 16.2. The minimum Gasteiger partial charge on any atom is -0.352 e. The summed E-state index contributed by atoms with van der Waals surface area (Å²) < 4.78 is 0. The summed E-state index contributed by atoms with van der Waals surface area (Å²) in [6.45, 7) is 7.83. The van der Waals surface area contributed by atoms with E-state index in [1.165, 1.54) is 11.8 Å². The molecule has 1 heterocycles. The molecule has 0 aliphatic rings. The Hall–Kier alpha value is -2.14. The van der Waals surface area contributed by atoms with Crippen LogP contribution < -0.4 is 5.32 Å². The van der Waals surface area contributed by atoms with Crippen molar-refractivity contribution in [2.24, 2.45) is 0 Å². The van der Waals surface area contributed by atoms with Crippen LogP contribution in [0, 0.1) is 6.92 Å². The Balaban J connectivity index is 2.16. The molecule has 0 radical (unpaired) electrons. The van der Waals surface area contributed by atoms with Gasteiger partial charge in [0.1, 0.15) is 0 Å². The molecule has 0 bridgehead atoms. The first-order valence-electron chi connectivity index (χ1n) is 7.06. The van der Waals surface area contributed by atoms with E-state index in [0.29, 0.717) is 11.7 Å². The van der Waals surface area contributed by atoms with Crippen LogP contribution >= 0.6 is 11.8 Å². The van der Waals surface area contributed by atoms with Crippen LogP contribution in [0.25, 0.3) is 11.3 Å². The van der Waals surface area contributed by atoms with Crippen molar-refractivity contribution in [2.75, 3.05) is 6.54 Å². The van der Waals surface area contributed by atoms with E-state index in [0.717, 1.165) is 17.0 Å². The number of amides is 1. The molecule has 114 valence electrons. The predicted molar refractivity (Wildman–Crippen MR) is 90.7 cm³/mol. The van der Waals surface area contributed by atoms with Gasteiger partial charge in [-0.05, 0) is 19.9 Å². The third-order valence-electron chi connectivity index (χ3n) is 2.98. The lowest BCUT2D eigenvalue weighted by Crippen LogP contribution is -2.31. The Morgan fingerprint density at radius 1 is 1.36 bits per heavy atom. The third-order valence-corrected chi connectivity index (χ3v) is 3.94. The number of carbonyl (C=O) groups is 1. The fourth-order valence-electron chi connectivity index (χ4n) is 1.88. The SMILES string of the molecule is C=CCNC(=O)C(C)Sc1nc(C)cc(-c2ccccc2)n1. The number of nitrogens with one attached hydrogen (secondary N) is 1. The number of nitrogens with zero attached hydrogens (tertiary/aromatic N) is 2. The van der Waals surface area contributed by atoms with Gasteiger partial charge in [-0.15, -0.1) is 6.58 Å². The topological polar surface area (TPSA) is 54.9 Å². The summed E-state index contributed by atoms with van der Waals surface area (Å²) in [7, 11) is 0. The van der Waals surface area contributed by atoms with Crippen LogP contribution in [-0.2, 0) is 4.79 Å². The second-order valence-electron chi connectivity index (χ2n) is 4.84. The van der Waals surface area contributed by atoms with Gasteiger partial charge in [-0.3, -0.25) is 4.79 Å². The van der Waals surface area contributed by atoms with Gasteiger partial charge in [-0.2, -0.15) is 0 Å². The molecule has 0 spiro atoms. The second-order valence-corrected chi connectivity index (χ2v) is 6.15. The highest BCUT2D eigenvalue weighted by atomic mass is 32.2. The Bertz CT molecular complexity index is 658. The van der Waals surface area contributed by atoms with Crippen LogP contribution in [0.1, 0.15) is 12.6 Å². The minimum atomic E-state index is -0.259. The smallest absolute Gasteiger partial charge is 0.233 e. The fourth-order valence-corrected chi connectivity index (χ4v) is 2.73. The highest BCUT2D eigenvalue weighted by Gasteiger charge is 2.16. The Kier molecular flexibility index (Phi) is 5.72. The number of thioether (sulfide) groups is 1. The predicted octanol–water partition coefficient (Wildman–Crippen LogP) is 3.23. The van der Waals surface area contributed by atoms with E-state index in [1.54, 1.807) is 6.08 Å². The van der Waals surface area contributed by atoms with E-state index in [1.807, 2.05) is 50.2 Å². The van der Waals surface area contributed by atoms with E-state index < -0.39 is 0 Å². The van der Waals surface area contributed by atoms with Crippen molar-refractivity contribution in [2.45, 2.75) is 24.3 Å². The molecule has 0 aliphatic heterocycles. The Morgan fingerprint density at radius 3 is 2.77 bits per heavy atom. The molecule has 4 nitrogen and oxygen atoms in total. The maximum Gasteiger partial charge on any atom is 0.233 e. The van der Waals surface area contributed by atoms with Crippen LogP contribution in [0.4, 0.5) is 0 Å². The van der Waals surface area contributed by atoms with Gasteiger partial charge in [0.05, 0.1) is 10.9 Å². The zero-order valence-electron chi connectivity index (χ0n) is 12.7. The molecule has 1 N–H and O–H groups in total. The van der Waals surface area contributed by atoms with E-state index in [2.05, 4.69) is 21.9 Å². The van der Waals surface area contributed by atoms with Crippen LogP contribution in [0.2, 0.25) is 0 Å². The minimum absolute atomic E-state index is 0.0451. The van der Waals surface area contributed by atoms with Crippen LogP contribution in [0.15, 0.2) is 54.2 Å². The summed E-state index contributed by atoms with van der Waals surface area (Å²) in [6, 6.07) is 11.9. The molecule has 22 heavy (non-hydrogen) atoms. The van der Waals surface area contributed by atoms with Crippen LogP contribution in [0.5, 0.6) is 0 Å². The number of hydrogen-bond acceptors (Lipinski definition) is 4. The average molecular weight is 313 g/mol. The molecule has 1 aromatic carbocycles. The summed E-state index contributed by atoms with van der Waals surface area (Å²) >= 11 is 1.36. The highest BCUT2D eigenvalue weighted by Crippen LogP contribution is 2.24. The van der Waals surface area contributed by atoms with Crippen molar-refractivity contribution >= 4 is 17.7 Å². The van der Waals surface area contributed by atoms with Crippen molar-refractivity contribution in [1.82, 2.24) is 15.3 Å². The number of rotatable bonds is 6. The Labute approximate surface area is 135 Å². The lowest BCUT2D eigenvalue weighted by atomic mass is 10.1. The van der Waals surface area contributed by atoms with Crippen molar-refractivity contribution in [3.63, 3.8) is 0 Å². The number of hydrogen-bond donors (Lipinski definition) is 1. The fraction of sp³-hybridized carbons (Fsp3) is 0.235. The van der Waals surface area contributed by atoms with Gasteiger partial charge < -0.3 is 5.32 Å². The van der Waals surface area contributed by atoms with Crippen LogP contribution in [-0.4, -0.2) is 27.7 Å². The summed E-state index contributed by atoms with van der Waals surface area (Å²) in [4.78, 5) is 20.9. The standard InChI is InChI=1S/C17H19N3OS/c1-4-10-18-16(21)13(3)22-17-19-12(2)11-15(20-17)14-8-6-5-7-9-14/h4-9,11,13H,1,10H2,2-3H3,(H,18,21). The van der Waals surface area contributed by atoms with Gasteiger partial charge in [0.15, 0.2) is 5.16 Å². The van der Waals surface area contributed by atoms with Crippen molar-refractivity contribution in [3.05, 3.63) is 54.7 Å². The maximum absolute atomic E-state index is 11.9. The van der Waals surface area contributed by atoms with Crippen molar-refractivity contribution in [1.29, 1.82) is 0 Å². The molecule has 2 aromatic rings. The molecular formula is C17H19N3OS. The van der Waals surface area contributed by atoms with Gasteiger partial charge in [0.2, 0.25) is 5.91 Å². The Morgan fingerprint density at radius 2 is 2.09 bits per heavy atom. The third kappa shape index (κ3) is 4.43. The van der Waals surface area contributed by atoms with Crippen LogP contribution in [0.3, 0.4) is 0 Å². The lowest BCUT2D eigenvalue weighted by molar-refractivity contribution is -0.120. The lowest BCUT2D eigenvalue weighted by Gasteiger charge is -2.11. The van der Waals surface area contributed by atoms with Gasteiger partial charge in [0, 0.05) is 17.8 Å². The number of aryl methyl sites for hydroxylation is 1. The maximum atomic E-state index is 11.9. The molecule has 0 saturated carbocycles. The number of benzene rings is 1. The molecule has 0 saturated heterocycles. The molecule has 1 amide bonds. The first-order valence-corrected chi connectivity index (χ1v) is 7.94. The van der Waals surface area contributed by atoms with Gasteiger partial charge in [-0.25, -0.2) is 9.97 Å². The summed E-state index contributed by atoms with van der Waals surface area (Å²) in [5.74, 6) is -0.0451. The van der Waals surface area contributed by atoms with E-state index in [9.17, 15) is 4.79 Å². The number of aromatic nitrogens is 2. The zero-order chi connectivity index (χ0) is 15.9. The monoisotopic (exact) mass is 313 g/mol. The largest absolute Gasteiger partial charge is 0.352 e. The van der Waals surface area contributed by atoms with Crippen molar-refractivity contribution in [3.8, 4) is 11.3 Å². The molecule has 1 atom stereocenters.